The first kappa shape index (κ1) is 15.1. The van der Waals surface area contributed by atoms with Gasteiger partial charge in [-0.1, -0.05) is 36.4 Å². The number of aromatic nitrogens is 3. The number of hydrogen-bond acceptors (Lipinski definition) is 4. The summed E-state index contributed by atoms with van der Waals surface area (Å²) in [4.78, 5) is 16.9. The lowest BCUT2D eigenvalue weighted by atomic mass is 10.2. The van der Waals surface area contributed by atoms with E-state index in [0.717, 1.165) is 16.5 Å². The number of aryl methyl sites for hydroxylation is 1. The van der Waals surface area contributed by atoms with Crippen molar-refractivity contribution in [2.24, 2.45) is 7.05 Å². The second-order valence-electron chi connectivity index (χ2n) is 5.68. The average molecular weight is 332 g/mol. The molecule has 25 heavy (non-hydrogen) atoms. The van der Waals surface area contributed by atoms with E-state index in [1.54, 1.807) is 10.9 Å². The van der Waals surface area contributed by atoms with E-state index in [1.807, 2.05) is 61.6 Å². The summed E-state index contributed by atoms with van der Waals surface area (Å²) in [7, 11) is 1.82. The molecule has 0 aliphatic carbocycles. The number of carbonyl (C=O) groups is 1. The minimum absolute atomic E-state index is 0.235. The molecular weight excluding hydrogens is 316 g/mol. The molecule has 4 rings (SSSR count). The van der Waals surface area contributed by atoms with Gasteiger partial charge in [0.2, 0.25) is 5.89 Å². The normalized spacial score (nSPS) is 10.9. The molecule has 0 saturated heterocycles. The molecule has 6 nitrogen and oxygen atoms in total. The Kier molecular flexibility index (Phi) is 3.78. The molecule has 0 bridgehead atoms. The van der Waals surface area contributed by atoms with Gasteiger partial charge in [0.1, 0.15) is 6.26 Å². The third-order valence-corrected chi connectivity index (χ3v) is 3.98. The number of para-hydroxylation sites is 1. The zero-order chi connectivity index (χ0) is 17.2. The van der Waals surface area contributed by atoms with E-state index in [-0.39, 0.29) is 12.5 Å². The van der Waals surface area contributed by atoms with Crippen LogP contribution in [0.25, 0.3) is 22.4 Å². The Morgan fingerprint density at radius 3 is 2.72 bits per heavy atom. The van der Waals surface area contributed by atoms with Crippen LogP contribution in [0.3, 0.4) is 0 Å². The van der Waals surface area contributed by atoms with Crippen LogP contribution in [0.5, 0.6) is 0 Å². The first-order chi connectivity index (χ1) is 12.2. The van der Waals surface area contributed by atoms with Gasteiger partial charge in [0.25, 0.3) is 5.91 Å². The Morgan fingerprint density at radius 2 is 1.88 bits per heavy atom. The second kappa shape index (κ2) is 6.24. The molecule has 2 aromatic carbocycles. The fraction of sp³-hybridized carbons (Fsp3) is 0.105. The number of nitrogens with one attached hydrogen (secondary N) is 1. The molecule has 2 aromatic heterocycles. The monoisotopic (exact) mass is 332 g/mol. The van der Waals surface area contributed by atoms with Gasteiger partial charge in [-0.25, -0.2) is 4.98 Å². The SMILES string of the molecule is Cn1nc(C(=O)NCc2coc(-c3ccccc3)n2)c2ccccc21. The molecule has 4 aromatic rings. The highest BCUT2D eigenvalue weighted by Crippen LogP contribution is 2.19. The van der Waals surface area contributed by atoms with Crippen LogP contribution in [0.2, 0.25) is 0 Å². The van der Waals surface area contributed by atoms with E-state index in [4.69, 9.17) is 4.42 Å². The molecule has 0 spiro atoms. The number of nitrogens with zero attached hydrogens (tertiary/aromatic N) is 3. The van der Waals surface area contributed by atoms with E-state index in [1.165, 1.54) is 0 Å². The largest absolute Gasteiger partial charge is 0.444 e. The zero-order valence-electron chi connectivity index (χ0n) is 13.6. The maximum atomic E-state index is 12.5. The molecule has 0 fully saturated rings. The van der Waals surface area contributed by atoms with Crippen molar-refractivity contribution in [1.82, 2.24) is 20.1 Å². The predicted molar refractivity (Wildman–Crippen MR) is 93.8 cm³/mol. The lowest BCUT2D eigenvalue weighted by Gasteiger charge is -2.00. The predicted octanol–water partition coefficient (Wildman–Crippen LogP) is 3.16. The summed E-state index contributed by atoms with van der Waals surface area (Å²) >= 11 is 0. The molecule has 0 unspecified atom stereocenters. The van der Waals surface area contributed by atoms with E-state index in [0.29, 0.717) is 17.3 Å². The van der Waals surface area contributed by atoms with E-state index >= 15 is 0 Å². The maximum absolute atomic E-state index is 12.5. The van der Waals surface area contributed by atoms with Gasteiger partial charge in [-0.3, -0.25) is 9.48 Å². The van der Waals surface area contributed by atoms with Crippen molar-refractivity contribution in [3.8, 4) is 11.5 Å². The number of benzene rings is 2. The van der Waals surface area contributed by atoms with Crippen molar-refractivity contribution in [2.75, 3.05) is 0 Å². The van der Waals surface area contributed by atoms with Gasteiger partial charge >= 0.3 is 0 Å². The molecule has 0 aliphatic heterocycles. The molecule has 2 heterocycles. The lowest BCUT2D eigenvalue weighted by Crippen LogP contribution is -2.23. The summed E-state index contributed by atoms with van der Waals surface area (Å²) in [6.07, 6.45) is 1.55. The van der Waals surface area contributed by atoms with Gasteiger partial charge < -0.3 is 9.73 Å². The highest BCUT2D eigenvalue weighted by Gasteiger charge is 2.16. The van der Waals surface area contributed by atoms with Crippen molar-refractivity contribution in [3.63, 3.8) is 0 Å². The van der Waals surface area contributed by atoms with Crippen molar-refractivity contribution < 1.29 is 9.21 Å². The molecule has 0 radical (unpaired) electrons. The van der Waals surface area contributed by atoms with Crippen LogP contribution in [0.15, 0.2) is 65.3 Å². The van der Waals surface area contributed by atoms with Crippen LogP contribution in [-0.4, -0.2) is 20.7 Å². The fourth-order valence-corrected chi connectivity index (χ4v) is 2.74. The van der Waals surface area contributed by atoms with E-state index in [2.05, 4.69) is 15.4 Å². The maximum Gasteiger partial charge on any atom is 0.272 e. The first-order valence-electron chi connectivity index (χ1n) is 7.92. The van der Waals surface area contributed by atoms with Crippen LogP contribution in [0.4, 0.5) is 0 Å². The molecule has 0 saturated carbocycles. The number of rotatable bonds is 4. The number of carbonyl (C=O) groups excluding carboxylic acids is 1. The number of fused-ring (bicyclic) bond motifs is 1. The fourth-order valence-electron chi connectivity index (χ4n) is 2.74. The Morgan fingerprint density at radius 1 is 1.12 bits per heavy atom. The molecular formula is C19H16N4O2. The van der Waals surface area contributed by atoms with Gasteiger partial charge in [0.15, 0.2) is 5.69 Å². The van der Waals surface area contributed by atoms with E-state index in [9.17, 15) is 4.79 Å². The van der Waals surface area contributed by atoms with Crippen LogP contribution in [0, 0.1) is 0 Å². The molecule has 124 valence electrons. The minimum atomic E-state index is -0.235. The lowest BCUT2D eigenvalue weighted by molar-refractivity contribution is 0.0946. The summed E-state index contributed by atoms with van der Waals surface area (Å²) < 4.78 is 7.18. The Hall–Kier alpha value is -3.41. The number of hydrogen-bond donors (Lipinski definition) is 1. The summed E-state index contributed by atoms with van der Waals surface area (Å²) in [6.45, 7) is 0.278. The minimum Gasteiger partial charge on any atom is -0.444 e. The van der Waals surface area contributed by atoms with Crippen LogP contribution in [0.1, 0.15) is 16.2 Å². The van der Waals surface area contributed by atoms with Crippen molar-refractivity contribution in [1.29, 1.82) is 0 Å². The molecule has 6 heteroatoms. The van der Waals surface area contributed by atoms with E-state index < -0.39 is 0 Å². The smallest absolute Gasteiger partial charge is 0.272 e. The van der Waals surface area contributed by atoms with Gasteiger partial charge in [0, 0.05) is 18.0 Å². The van der Waals surface area contributed by atoms with Crippen LogP contribution in [-0.2, 0) is 13.6 Å². The van der Waals surface area contributed by atoms with Crippen LogP contribution >= 0.6 is 0 Å². The van der Waals surface area contributed by atoms with Crippen molar-refractivity contribution in [3.05, 3.63) is 72.2 Å². The highest BCUT2D eigenvalue weighted by atomic mass is 16.3. The van der Waals surface area contributed by atoms with Crippen molar-refractivity contribution in [2.45, 2.75) is 6.54 Å². The summed E-state index contributed by atoms with van der Waals surface area (Å²) in [5.41, 5.74) is 2.88. The van der Waals surface area contributed by atoms with Gasteiger partial charge in [-0.2, -0.15) is 5.10 Å². The quantitative estimate of drug-likeness (QED) is 0.623. The third kappa shape index (κ3) is 2.89. The number of amides is 1. The Labute approximate surface area is 144 Å². The van der Waals surface area contributed by atoms with Gasteiger partial charge in [-0.05, 0) is 18.2 Å². The topological polar surface area (TPSA) is 73.0 Å². The first-order valence-corrected chi connectivity index (χ1v) is 7.92. The third-order valence-electron chi connectivity index (χ3n) is 3.98. The molecule has 0 aliphatic rings. The zero-order valence-corrected chi connectivity index (χ0v) is 13.6. The summed E-state index contributed by atoms with van der Waals surface area (Å²) in [6, 6.07) is 17.3. The number of oxazole rings is 1. The Balaban J connectivity index is 1.50. The standard InChI is InChI=1S/C19H16N4O2/c1-23-16-10-6-5-9-15(16)17(22-23)18(24)20-11-14-12-25-19(21-14)13-7-3-2-4-8-13/h2-10,12H,11H2,1H3,(H,20,24). The molecule has 1 N–H and O–H groups in total. The Bertz CT molecular complexity index is 1030. The van der Waals surface area contributed by atoms with Crippen molar-refractivity contribution >= 4 is 16.8 Å². The van der Waals surface area contributed by atoms with Gasteiger partial charge in [0.05, 0.1) is 17.8 Å². The van der Waals surface area contributed by atoms with Gasteiger partial charge in [-0.15, -0.1) is 0 Å². The van der Waals surface area contributed by atoms with Crippen LogP contribution < -0.4 is 5.32 Å². The average Bonchev–Trinajstić information content (AvgIpc) is 3.26. The highest BCUT2D eigenvalue weighted by molar-refractivity contribution is 6.04. The second-order valence-corrected chi connectivity index (χ2v) is 5.68. The summed E-state index contributed by atoms with van der Waals surface area (Å²) in [5, 5.41) is 7.99. The molecule has 1 amide bonds. The summed E-state index contributed by atoms with van der Waals surface area (Å²) in [5.74, 6) is 0.300. The molecule has 0 atom stereocenters.